The van der Waals surface area contributed by atoms with E-state index >= 15 is 0 Å². The van der Waals surface area contributed by atoms with Gasteiger partial charge >= 0.3 is 0 Å². The van der Waals surface area contributed by atoms with Gasteiger partial charge in [-0.3, -0.25) is 0 Å². The smallest absolute Gasteiger partial charge is 0.161 e. The van der Waals surface area contributed by atoms with Gasteiger partial charge in [0.25, 0.3) is 0 Å². The third-order valence-electron chi connectivity index (χ3n) is 2.50. The molecule has 0 unspecified atom stereocenters. The molecule has 0 aliphatic heterocycles. The molecule has 2 aromatic rings. The van der Waals surface area contributed by atoms with Gasteiger partial charge in [0.1, 0.15) is 5.01 Å². The van der Waals surface area contributed by atoms with E-state index in [0.717, 1.165) is 27.8 Å². The van der Waals surface area contributed by atoms with E-state index in [-0.39, 0.29) is 0 Å². The van der Waals surface area contributed by atoms with Gasteiger partial charge in [-0.2, -0.15) is 12.6 Å². The molecular formula is C14H17NO2S2. The first-order valence-corrected chi connectivity index (χ1v) is 7.75. The highest BCUT2D eigenvalue weighted by atomic mass is 32.1. The fourth-order valence-electron chi connectivity index (χ4n) is 1.70. The SMILES string of the molecule is CCOc1ccc(-c2nc(CS)cs2)cc1OCC. The minimum atomic E-state index is 0.614. The van der Waals surface area contributed by atoms with Crippen LogP contribution in [-0.2, 0) is 5.75 Å². The monoisotopic (exact) mass is 295 g/mol. The van der Waals surface area contributed by atoms with Crippen LogP contribution in [0.25, 0.3) is 10.6 Å². The molecular weight excluding hydrogens is 278 g/mol. The summed E-state index contributed by atoms with van der Waals surface area (Å²) >= 11 is 5.85. The van der Waals surface area contributed by atoms with Crippen LogP contribution in [0.1, 0.15) is 19.5 Å². The van der Waals surface area contributed by atoms with Crippen LogP contribution in [0, 0.1) is 0 Å². The maximum atomic E-state index is 5.62. The molecule has 0 radical (unpaired) electrons. The summed E-state index contributed by atoms with van der Waals surface area (Å²) in [4.78, 5) is 4.52. The van der Waals surface area contributed by atoms with Crippen LogP contribution in [0.3, 0.4) is 0 Å². The number of ether oxygens (including phenoxy) is 2. The van der Waals surface area contributed by atoms with Gasteiger partial charge in [0.05, 0.1) is 18.9 Å². The van der Waals surface area contributed by atoms with Gasteiger partial charge in [-0.15, -0.1) is 11.3 Å². The number of hydrogen-bond acceptors (Lipinski definition) is 5. The minimum absolute atomic E-state index is 0.614. The van der Waals surface area contributed by atoms with Crippen LogP contribution in [0.2, 0.25) is 0 Å². The van der Waals surface area contributed by atoms with Gasteiger partial charge in [0.2, 0.25) is 0 Å². The number of rotatable bonds is 6. The molecule has 0 amide bonds. The predicted octanol–water partition coefficient (Wildman–Crippen LogP) is 4.04. The molecule has 0 N–H and O–H groups in total. The van der Waals surface area contributed by atoms with Crippen molar-refractivity contribution in [2.24, 2.45) is 0 Å². The van der Waals surface area contributed by atoms with E-state index in [9.17, 15) is 0 Å². The van der Waals surface area contributed by atoms with Crippen molar-refractivity contribution in [1.29, 1.82) is 0 Å². The zero-order chi connectivity index (χ0) is 13.7. The zero-order valence-corrected chi connectivity index (χ0v) is 12.8. The highest BCUT2D eigenvalue weighted by Crippen LogP contribution is 2.34. The van der Waals surface area contributed by atoms with Gasteiger partial charge in [-0.25, -0.2) is 4.98 Å². The first-order chi connectivity index (χ1) is 9.28. The number of thiol groups is 1. The molecule has 1 aromatic carbocycles. The fourth-order valence-corrected chi connectivity index (χ4v) is 2.80. The largest absolute Gasteiger partial charge is 0.490 e. The Morgan fingerprint density at radius 1 is 1.16 bits per heavy atom. The summed E-state index contributed by atoms with van der Waals surface area (Å²) in [7, 11) is 0. The van der Waals surface area contributed by atoms with E-state index in [1.165, 1.54) is 0 Å². The van der Waals surface area contributed by atoms with E-state index in [1.54, 1.807) is 11.3 Å². The Morgan fingerprint density at radius 3 is 2.53 bits per heavy atom. The van der Waals surface area contributed by atoms with Crippen molar-refractivity contribution >= 4 is 24.0 Å². The molecule has 0 bridgehead atoms. The summed E-state index contributed by atoms with van der Waals surface area (Å²) < 4.78 is 11.2. The highest BCUT2D eigenvalue weighted by molar-refractivity contribution is 7.79. The van der Waals surface area contributed by atoms with Crippen molar-refractivity contribution < 1.29 is 9.47 Å². The summed E-state index contributed by atoms with van der Waals surface area (Å²) in [6, 6.07) is 5.93. The molecule has 0 saturated heterocycles. The number of aromatic nitrogens is 1. The second kappa shape index (κ2) is 6.82. The van der Waals surface area contributed by atoms with Gasteiger partial charge in [0, 0.05) is 16.7 Å². The lowest BCUT2D eigenvalue weighted by molar-refractivity contribution is 0.288. The van der Waals surface area contributed by atoms with Gasteiger partial charge in [0.15, 0.2) is 11.5 Å². The summed E-state index contributed by atoms with van der Waals surface area (Å²) in [5.74, 6) is 2.20. The van der Waals surface area contributed by atoms with Gasteiger partial charge in [-0.05, 0) is 32.0 Å². The van der Waals surface area contributed by atoms with Gasteiger partial charge in [-0.1, -0.05) is 0 Å². The fraction of sp³-hybridized carbons (Fsp3) is 0.357. The molecule has 102 valence electrons. The lowest BCUT2D eigenvalue weighted by Gasteiger charge is -2.11. The third kappa shape index (κ3) is 3.42. The van der Waals surface area contributed by atoms with Crippen molar-refractivity contribution in [2.45, 2.75) is 19.6 Å². The molecule has 0 aliphatic carbocycles. The van der Waals surface area contributed by atoms with Crippen molar-refractivity contribution in [3.8, 4) is 22.1 Å². The Labute approximate surface area is 123 Å². The molecule has 3 nitrogen and oxygen atoms in total. The van der Waals surface area contributed by atoms with E-state index in [1.807, 2.05) is 37.4 Å². The maximum Gasteiger partial charge on any atom is 0.161 e. The number of benzene rings is 1. The quantitative estimate of drug-likeness (QED) is 0.816. The molecule has 0 spiro atoms. The van der Waals surface area contributed by atoms with E-state index in [4.69, 9.17) is 9.47 Å². The lowest BCUT2D eigenvalue weighted by atomic mass is 10.2. The summed E-state index contributed by atoms with van der Waals surface area (Å²) in [5, 5.41) is 3.01. The molecule has 0 aliphatic rings. The lowest BCUT2D eigenvalue weighted by Crippen LogP contribution is -1.98. The minimum Gasteiger partial charge on any atom is -0.490 e. The molecule has 2 rings (SSSR count). The summed E-state index contributed by atoms with van der Waals surface area (Å²) in [5.41, 5.74) is 2.04. The molecule has 0 saturated carbocycles. The Morgan fingerprint density at radius 2 is 1.89 bits per heavy atom. The second-order valence-electron chi connectivity index (χ2n) is 3.83. The first kappa shape index (κ1) is 14.2. The average molecular weight is 295 g/mol. The summed E-state index contributed by atoms with van der Waals surface area (Å²) in [6.07, 6.45) is 0. The highest BCUT2D eigenvalue weighted by Gasteiger charge is 2.10. The standard InChI is InChI=1S/C14H17NO2S2/c1-3-16-12-6-5-10(7-13(12)17-4-2)14-15-11(8-18)9-19-14/h5-7,9,18H,3-4,8H2,1-2H3. The average Bonchev–Trinajstić information content (AvgIpc) is 2.90. The van der Waals surface area contributed by atoms with Crippen molar-refractivity contribution in [3.05, 3.63) is 29.3 Å². The molecule has 0 fully saturated rings. The Bertz CT molecular complexity index is 540. The van der Waals surface area contributed by atoms with Crippen LogP contribution >= 0.6 is 24.0 Å². The maximum absolute atomic E-state index is 5.62. The van der Waals surface area contributed by atoms with Gasteiger partial charge < -0.3 is 9.47 Å². The Balaban J connectivity index is 2.33. The Kier molecular flexibility index (Phi) is 5.10. The van der Waals surface area contributed by atoms with Crippen LogP contribution < -0.4 is 9.47 Å². The predicted molar refractivity (Wildman–Crippen MR) is 82.6 cm³/mol. The topological polar surface area (TPSA) is 31.4 Å². The van der Waals surface area contributed by atoms with E-state index in [0.29, 0.717) is 19.0 Å². The second-order valence-corrected chi connectivity index (χ2v) is 5.00. The Hall–Kier alpha value is -1.20. The molecule has 5 heteroatoms. The normalized spacial score (nSPS) is 10.5. The van der Waals surface area contributed by atoms with Crippen LogP contribution in [0.4, 0.5) is 0 Å². The van der Waals surface area contributed by atoms with Crippen molar-refractivity contribution in [3.63, 3.8) is 0 Å². The van der Waals surface area contributed by atoms with E-state index < -0.39 is 0 Å². The molecule has 0 atom stereocenters. The van der Waals surface area contributed by atoms with Crippen LogP contribution in [0.15, 0.2) is 23.6 Å². The first-order valence-electron chi connectivity index (χ1n) is 6.23. The zero-order valence-electron chi connectivity index (χ0n) is 11.0. The third-order valence-corrected chi connectivity index (χ3v) is 3.77. The van der Waals surface area contributed by atoms with Crippen molar-refractivity contribution in [2.75, 3.05) is 13.2 Å². The summed E-state index contributed by atoms with van der Waals surface area (Å²) in [6.45, 7) is 5.16. The number of hydrogen-bond donors (Lipinski definition) is 1. The van der Waals surface area contributed by atoms with Crippen LogP contribution in [-0.4, -0.2) is 18.2 Å². The molecule has 19 heavy (non-hydrogen) atoms. The van der Waals surface area contributed by atoms with Crippen molar-refractivity contribution in [1.82, 2.24) is 4.98 Å². The number of thiazole rings is 1. The number of nitrogens with zero attached hydrogens (tertiary/aromatic N) is 1. The van der Waals surface area contributed by atoms with Crippen LogP contribution in [0.5, 0.6) is 11.5 Å². The molecule has 1 aromatic heterocycles. The van der Waals surface area contributed by atoms with E-state index in [2.05, 4.69) is 17.6 Å². The molecule has 1 heterocycles.